The lowest BCUT2D eigenvalue weighted by molar-refractivity contribution is -0.120. The molecule has 0 saturated carbocycles. The minimum absolute atomic E-state index is 0.0530. The van der Waals surface area contributed by atoms with Gasteiger partial charge in [0.25, 0.3) is 0 Å². The highest BCUT2D eigenvalue weighted by molar-refractivity contribution is 9.10. The van der Waals surface area contributed by atoms with Crippen LogP contribution in [0.15, 0.2) is 64.5 Å². The van der Waals surface area contributed by atoms with Gasteiger partial charge in [-0.3, -0.25) is 4.79 Å². The summed E-state index contributed by atoms with van der Waals surface area (Å²) in [6.45, 7) is 0.884. The molecule has 0 radical (unpaired) electrons. The number of carbonyl (C=O) groups excluding carboxylic acids is 1. The third-order valence-corrected chi connectivity index (χ3v) is 4.84. The lowest BCUT2D eigenvalue weighted by atomic mass is 10.2. The maximum atomic E-state index is 12.0. The minimum atomic E-state index is -0.0530. The predicted molar refractivity (Wildman–Crippen MR) is 104 cm³/mol. The molecule has 0 saturated heterocycles. The zero-order chi connectivity index (χ0) is 17.5. The molecule has 1 heterocycles. The normalized spacial score (nSPS) is 10.4. The predicted octanol–water partition coefficient (Wildman–Crippen LogP) is 4.31. The van der Waals surface area contributed by atoms with Crippen LogP contribution in [0.2, 0.25) is 0 Å². The van der Waals surface area contributed by atoms with Gasteiger partial charge in [-0.25, -0.2) is 4.98 Å². The second-order valence-electron chi connectivity index (χ2n) is 5.34. The molecule has 2 aromatic carbocycles. The average molecular weight is 417 g/mol. The zero-order valence-corrected chi connectivity index (χ0v) is 15.8. The van der Waals surface area contributed by atoms with Gasteiger partial charge in [-0.1, -0.05) is 52.3 Å². The SMILES string of the molecule is O=C(Cc1csc(-c2ccccc2)n1)NCCOc1cccc(Br)c1. The lowest BCUT2D eigenvalue weighted by Crippen LogP contribution is -2.29. The largest absolute Gasteiger partial charge is 0.492 e. The van der Waals surface area contributed by atoms with Crippen molar-refractivity contribution in [3.05, 3.63) is 70.1 Å². The van der Waals surface area contributed by atoms with Crippen molar-refractivity contribution in [3.8, 4) is 16.3 Å². The Hall–Kier alpha value is -2.18. The molecule has 0 fully saturated rings. The molecule has 1 amide bonds. The van der Waals surface area contributed by atoms with E-state index in [-0.39, 0.29) is 12.3 Å². The summed E-state index contributed by atoms with van der Waals surface area (Å²) in [5.41, 5.74) is 1.86. The highest BCUT2D eigenvalue weighted by Gasteiger charge is 2.08. The van der Waals surface area contributed by atoms with Crippen molar-refractivity contribution in [2.75, 3.05) is 13.2 Å². The fourth-order valence-electron chi connectivity index (χ4n) is 2.24. The summed E-state index contributed by atoms with van der Waals surface area (Å²) in [5.74, 6) is 0.721. The van der Waals surface area contributed by atoms with Crippen LogP contribution in [0, 0.1) is 0 Å². The monoisotopic (exact) mass is 416 g/mol. The third-order valence-electron chi connectivity index (χ3n) is 3.40. The van der Waals surface area contributed by atoms with E-state index in [2.05, 4.69) is 26.2 Å². The van der Waals surface area contributed by atoms with Crippen LogP contribution in [0.5, 0.6) is 5.75 Å². The first-order valence-corrected chi connectivity index (χ1v) is 9.53. The number of hydrogen-bond acceptors (Lipinski definition) is 4. The molecule has 3 rings (SSSR count). The van der Waals surface area contributed by atoms with E-state index < -0.39 is 0 Å². The van der Waals surface area contributed by atoms with Crippen LogP contribution in [-0.2, 0) is 11.2 Å². The van der Waals surface area contributed by atoms with Crippen LogP contribution in [0.25, 0.3) is 10.6 Å². The Balaban J connectivity index is 1.43. The number of carbonyl (C=O) groups is 1. The van der Waals surface area contributed by atoms with Gasteiger partial charge in [-0.15, -0.1) is 11.3 Å². The van der Waals surface area contributed by atoms with Crippen molar-refractivity contribution in [3.63, 3.8) is 0 Å². The Morgan fingerprint density at radius 1 is 1.16 bits per heavy atom. The number of halogens is 1. The fraction of sp³-hybridized carbons (Fsp3) is 0.158. The smallest absolute Gasteiger partial charge is 0.226 e. The van der Waals surface area contributed by atoms with Crippen LogP contribution < -0.4 is 10.1 Å². The Bertz CT molecular complexity index is 836. The molecule has 128 valence electrons. The van der Waals surface area contributed by atoms with Gasteiger partial charge in [0.2, 0.25) is 5.91 Å². The van der Waals surface area contributed by atoms with Gasteiger partial charge < -0.3 is 10.1 Å². The number of nitrogens with one attached hydrogen (secondary N) is 1. The molecular formula is C19H17BrN2O2S. The summed E-state index contributed by atoms with van der Waals surface area (Å²) in [6, 6.07) is 17.6. The van der Waals surface area contributed by atoms with E-state index in [1.165, 1.54) is 0 Å². The summed E-state index contributed by atoms with van der Waals surface area (Å²) < 4.78 is 6.56. The fourth-order valence-corrected chi connectivity index (χ4v) is 3.45. The van der Waals surface area contributed by atoms with Crippen LogP contribution >= 0.6 is 27.3 Å². The van der Waals surface area contributed by atoms with E-state index in [0.29, 0.717) is 13.2 Å². The maximum absolute atomic E-state index is 12.0. The second-order valence-corrected chi connectivity index (χ2v) is 7.12. The van der Waals surface area contributed by atoms with Gasteiger partial charge >= 0.3 is 0 Å². The Morgan fingerprint density at radius 3 is 2.80 bits per heavy atom. The zero-order valence-electron chi connectivity index (χ0n) is 13.4. The maximum Gasteiger partial charge on any atom is 0.226 e. The number of benzene rings is 2. The standard InChI is InChI=1S/C19H17BrN2O2S/c20-15-7-4-8-17(11-15)24-10-9-21-18(23)12-16-13-25-19(22-16)14-5-2-1-3-6-14/h1-8,11,13H,9-10,12H2,(H,21,23). The molecule has 6 heteroatoms. The lowest BCUT2D eigenvalue weighted by Gasteiger charge is -2.07. The van der Waals surface area contributed by atoms with Crippen molar-refractivity contribution >= 4 is 33.2 Å². The van der Waals surface area contributed by atoms with Gasteiger partial charge in [-0.05, 0) is 18.2 Å². The van der Waals surface area contributed by atoms with Crippen molar-refractivity contribution in [1.29, 1.82) is 0 Å². The number of hydrogen-bond donors (Lipinski definition) is 1. The van der Waals surface area contributed by atoms with Gasteiger partial charge in [0, 0.05) is 15.4 Å². The number of rotatable bonds is 7. The molecule has 0 aliphatic heterocycles. The van der Waals surface area contributed by atoms with Crippen molar-refractivity contribution in [2.24, 2.45) is 0 Å². The molecule has 0 aliphatic carbocycles. The topological polar surface area (TPSA) is 51.2 Å². The van der Waals surface area contributed by atoms with Crippen molar-refractivity contribution in [2.45, 2.75) is 6.42 Å². The first kappa shape index (κ1) is 17.6. The molecule has 0 aliphatic rings. The van der Waals surface area contributed by atoms with Gasteiger partial charge in [0.05, 0.1) is 18.7 Å². The highest BCUT2D eigenvalue weighted by Crippen LogP contribution is 2.23. The summed E-state index contributed by atoms with van der Waals surface area (Å²) in [5, 5.41) is 5.72. The summed E-state index contributed by atoms with van der Waals surface area (Å²) in [7, 11) is 0. The van der Waals surface area contributed by atoms with Crippen LogP contribution in [0.1, 0.15) is 5.69 Å². The van der Waals surface area contributed by atoms with Crippen LogP contribution in [0.3, 0.4) is 0 Å². The molecule has 0 spiro atoms. The quantitative estimate of drug-likeness (QED) is 0.583. The molecule has 0 bridgehead atoms. The summed E-state index contributed by atoms with van der Waals surface area (Å²) in [6.07, 6.45) is 0.278. The molecular weight excluding hydrogens is 400 g/mol. The first-order chi connectivity index (χ1) is 12.2. The van der Waals surface area contributed by atoms with E-state index in [4.69, 9.17) is 4.74 Å². The molecule has 0 unspecified atom stereocenters. The van der Waals surface area contributed by atoms with Crippen LogP contribution in [0.4, 0.5) is 0 Å². The second kappa shape index (κ2) is 8.78. The molecule has 0 atom stereocenters. The minimum Gasteiger partial charge on any atom is -0.492 e. The first-order valence-electron chi connectivity index (χ1n) is 7.85. The molecule has 1 aromatic heterocycles. The van der Waals surface area contributed by atoms with E-state index >= 15 is 0 Å². The summed E-state index contributed by atoms with van der Waals surface area (Å²) >= 11 is 4.95. The Morgan fingerprint density at radius 2 is 2.00 bits per heavy atom. The number of nitrogens with zero attached hydrogens (tertiary/aromatic N) is 1. The van der Waals surface area contributed by atoms with E-state index in [1.807, 2.05) is 60.0 Å². The average Bonchev–Trinajstić information content (AvgIpc) is 3.08. The van der Waals surface area contributed by atoms with E-state index in [9.17, 15) is 4.79 Å². The molecule has 1 N–H and O–H groups in total. The number of aromatic nitrogens is 1. The van der Waals surface area contributed by atoms with Crippen LogP contribution in [-0.4, -0.2) is 24.0 Å². The van der Waals surface area contributed by atoms with Gasteiger partial charge in [-0.2, -0.15) is 0 Å². The van der Waals surface area contributed by atoms with Crippen molar-refractivity contribution in [1.82, 2.24) is 10.3 Å². The molecule has 25 heavy (non-hydrogen) atoms. The number of thiazole rings is 1. The molecule has 3 aromatic rings. The number of amides is 1. The molecule has 4 nitrogen and oxygen atoms in total. The third kappa shape index (κ3) is 5.41. The van der Waals surface area contributed by atoms with Crippen molar-refractivity contribution < 1.29 is 9.53 Å². The Labute approximate surface area is 159 Å². The van der Waals surface area contributed by atoms with E-state index in [0.717, 1.165) is 26.5 Å². The Kier molecular flexibility index (Phi) is 6.19. The highest BCUT2D eigenvalue weighted by atomic mass is 79.9. The van der Waals surface area contributed by atoms with Gasteiger partial charge in [0.1, 0.15) is 17.4 Å². The summed E-state index contributed by atoms with van der Waals surface area (Å²) in [4.78, 5) is 16.5. The van der Waals surface area contributed by atoms with Gasteiger partial charge in [0.15, 0.2) is 0 Å². The van der Waals surface area contributed by atoms with E-state index in [1.54, 1.807) is 11.3 Å². The number of ether oxygens (including phenoxy) is 1.